The van der Waals surface area contributed by atoms with Crippen LogP contribution in [0.5, 0.6) is 0 Å². The van der Waals surface area contributed by atoms with Crippen molar-refractivity contribution >= 4 is 35.0 Å². The van der Waals surface area contributed by atoms with Gasteiger partial charge in [-0.3, -0.25) is 0 Å². The van der Waals surface area contributed by atoms with E-state index in [4.69, 9.17) is 11.1 Å². The van der Waals surface area contributed by atoms with Crippen molar-refractivity contribution in [2.45, 2.75) is 18.9 Å². The average molecular weight is 437 g/mol. The Kier molecular flexibility index (Phi) is 7.43. The fourth-order valence-electron chi connectivity index (χ4n) is 2.87. The van der Waals surface area contributed by atoms with E-state index in [1.807, 2.05) is 57.4 Å². The summed E-state index contributed by atoms with van der Waals surface area (Å²) in [5.41, 5.74) is 10.0. The molecular weight excluding hydrogens is 408 g/mol. The van der Waals surface area contributed by atoms with Crippen molar-refractivity contribution < 1.29 is 0 Å². The molecule has 0 amide bonds. The summed E-state index contributed by atoms with van der Waals surface area (Å²) in [6, 6.07) is 11.8. The first-order valence-electron chi connectivity index (χ1n) is 9.91. The number of likely N-dealkylation sites (N-methyl/N-ethyl adjacent to an activating group) is 1. The Morgan fingerprint density at radius 2 is 1.90 bits per heavy atom. The first kappa shape index (κ1) is 22.5. The molecule has 3 rings (SSSR count). The molecule has 1 aromatic carbocycles. The van der Waals surface area contributed by atoms with Crippen LogP contribution in [0.3, 0.4) is 0 Å². The van der Waals surface area contributed by atoms with Gasteiger partial charge in [-0.05, 0) is 69.9 Å². The van der Waals surface area contributed by atoms with Crippen LogP contribution < -0.4 is 15.8 Å². The van der Waals surface area contributed by atoms with Gasteiger partial charge in [0.1, 0.15) is 16.7 Å². The monoisotopic (exact) mass is 436 g/mol. The van der Waals surface area contributed by atoms with Crippen LogP contribution in [0.25, 0.3) is 11.4 Å². The van der Waals surface area contributed by atoms with Gasteiger partial charge >= 0.3 is 0 Å². The summed E-state index contributed by atoms with van der Waals surface area (Å²) in [7, 11) is 4.01. The fourth-order valence-corrected chi connectivity index (χ4v) is 3.58. The van der Waals surface area contributed by atoms with Crippen molar-refractivity contribution in [1.82, 2.24) is 19.9 Å². The Balaban J connectivity index is 1.78. The van der Waals surface area contributed by atoms with E-state index in [-0.39, 0.29) is 0 Å². The van der Waals surface area contributed by atoms with Crippen LogP contribution in [0.4, 0.5) is 17.3 Å². The summed E-state index contributed by atoms with van der Waals surface area (Å²) in [6.45, 7) is 5.26. The summed E-state index contributed by atoms with van der Waals surface area (Å²) in [4.78, 5) is 15.5. The van der Waals surface area contributed by atoms with E-state index in [9.17, 15) is 0 Å². The molecule has 0 aliphatic rings. The normalized spacial score (nSPS) is 10.9. The van der Waals surface area contributed by atoms with Crippen LogP contribution in [0.15, 0.2) is 47.6 Å². The number of nitrogens with two attached hydrogens (primary N) is 1. The number of aromatic nitrogens is 3. The zero-order valence-corrected chi connectivity index (χ0v) is 19.0. The van der Waals surface area contributed by atoms with Gasteiger partial charge in [-0.1, -0.05) is 0 Å². The highest BCUT2D eigenvalue weighted by atomic mass is 32.2. The van der Waals surface area contributed by atoms with Gasteiger partial charge in [0.2, 0.25) is 0 Å². The number of nitrogen functional groups attached to an aromatic ring is 1. The Bertz CT molecular complexity index is 1050. The second-order valence-electron chi connectivity index (χ2n) is 7.46. The van der Waals surface area contributed by atoms with Crippen LogP contribution in [0, 0.1) is 12.3 Å². The maximum Gasteiger partial charge on any atom is 0.163 e. The highest BCUT2D eigenvalue weighted by Crippen LogP contribution is 2.27. The predicted molar refractivity (Wildman–Crippen MR) is 130 cm³/mol. The number of rotatable bonds is 9. The van der Waals surface area contributed by atoms with E-state index in [1.54, 1.807) is 13.1 Å². The zero-order valence-electron chi connectivity index (χ0n) is 18.2. The summed E-state index contributed by atoms with van der Waals surface area (Å²) < 4.78 is 3.30. The number of nitrogens with zero attached hydrogens (tertiary/aromatic N) is 4. The lowest BCUT2D eigenvalue weighted by atomic mass is 10.1. The first-order chi connectivity index (χ1) is 14.8. The minimum absolute atomic E-state index is 0.299. The Morgan fingerprint density at radius 3 is 2.55 bits per heavy atom. The van der Waals surface area contributed by atoms with Crippen LogP contribution in [-0.4, -0.2) is 52.7 Å². The SMILES string of the molecule is CC(=N)c1c(N)nc(-c2ccc(NSc3cc(C)ccn3)cc2)nc1NCCN(C)C. The molecule has 0 atom stereocenters. The van der Waals surface area contributed by atoms with Gasteiger partial charge in [-0.15, -0.1) is 0 Å². The van der Waals surface area contributed by atoms with Gasteiger partial charge < -0.3 is 26.1 Å². The molecule has 8 nitrogen and oxygen atoms in total. The van der Waals surface area contributed by atoms with Gasteiger partial charge in [-0.25, -0.2) is 15.0 Å². The molecule has 0 radical (unpaired) electrons. The van der Waals surface area contributed by atoms with Gasteiger partial charge in [0.15, 0.2) is 5.82 Å². The molecular formula is C22H28N8S. The van der Waals surface area contributed by atoms with E-state index in [1.165, 1.54) is 17.5 Å². The fraction of sp³-hybridized carbons (Fsp3) is 0.273. The van der Waals surface area contributed by atoms with E-state index in [0.717, 1.165) is 22.8 Å². The van der Waals surface area contributed by atoms with E-state index in [2.05, 4.69) is 29.9 Å². The topological polar surface area (TPSA) is 116 Å². The van der Waals surface area contributed by atoms with Crippen LogP contribution in [0.1, 0.15) is 18.1 Å². The quantitative estimate of drug-likeness (QED) is 0.295. The molecule has 0 spiro atoms. The highest BCUT2D eigenvalue weighted by Gasteiger charge is 2.15. The second kappa shape index (κ2) is 10.2. The summed E-state index contributed by atoms with van der Waals surface area (Å²) >= 11 is 1.46. The molecule has 5 N–H and O–H groups in total. The highest BCUT2D eigenvalue weighted by molar-refractivity contribution is 8.00. The van der Waals surface area contributed by atoms with Crippen molar-refractivity contribution in [3.05, 3.63) is 53.7 Å². The second-order valence-corrected chi connectivity index (χ2v) is 8.29. The zero-order chi connectivity index (χ0) is 22.4. The lowest BCUT2D eigenvalue weighted by Gasteiger charge is -2.16. The molecule has 0 aliphatic heterocycles. The number of hydrogen-bond acceptors (Lipinski definition) is 9. The standard InChI is InChI=1S/C22H28N8S/c1-14-9-10-25-18(13-14)31-29-17-7-5-16(6-8-17)21-27-20(24)19(15(2)23)22(28-21)26-11-12-30(3)4/h5-10,13,23,29H,11-12H2,1-4H3,(H3,24,26,27,28). The lowest BCUT2D eigenvalue weighted by Crippen LogP contribution is -2.22. The van der Waals surface area contributed by atoms with E-state index in [0.29, 0.717) is 35.3 Å². The summed E-state index contributed by atoms with van der Waals surface area (Å²) in [5.74, 6) is 1.41. The number of aryl methyl sites for hydroxylation is 1. The van der Waals surface area contributed by atoms with E-state index >= 15 is 0 Å². The summed E-state index contributed by atoms with van der Waals surface area (Å²) in [5, 5.41) is 12.2. The molecule has 0 aliphatic carbocycles. The summed E-state index contributed by atoms with van der Waals surface area (Å²) in [6.07, 6.45) is 1.80. The van der Waals surface area contributed by atoms with Gasteiger partial charge in [0, 0.05) is 48.2 Å². The maximum absolute atomic E-state index is 8.04. The first-order valence-corrected chi connectivity index (χ1v) is 10.7. The van der Waals surface area contributed by atoms with Gasteiger partial charge in [0.25, 0.3) is 0 Å². The van der Waals surface area contributed by atoms with Crippen molar-refractivity contribution in [1.29, 1.82) is 5.41 Å². The third-order valence-electron chi connectivity index (χ3n) is 4.47. The minimum Gasteiger partial charge on any atom is -0.383 e. The van der Waals surface area contributed by atoms with Crippen LogP contribution in [-0.2, 0) is 0 Å². The van der Waals surface area contributed by atoms with Crippen molar-refractivity contribution in [2.24, 2.45) is 0 Å². The number of benzene rings is 1. The number of nitrogens with one attached hydrogen (secondary N) is 3. The largest absolute Gasteiger partial charge is 0.383 e. The molecule has 0 fully saturated rings. The Morgan fingerprint density at radius 1 is 1.16 bits per heavy atom. The minimum atomic E-state index is 0.299. The lowest BCUT2D eigenvalue weighted by molar-refractivity contribution is 0.425. The Labute approximate surface area is 187 Å². The third kappa shape index (κ3) is 6.16. The molecule has 0 bridgehead atoms. The number of hydrogen-bond donors (Lipinski definition) is 4. The smallest absolute Gasteiger partial charge is 0.163 e. The van der Waals surface area contributed by atoms with Crippen LogP contribution in [0.2, 0.25) is 0 Å². The molecule has 0 unspecified atom stereocenters. The number of anilines is 3. The molecule has 2 aromatic heterocycles. The van der Waals surface area contributed by atoms with Gasteiger partial charge in [-0.2, -0.15) is 0 Å². The molecule has 9 heteroatoms. The molecule has 0 saturated carbocycles. The maximum atomic E-state index is 8.04. The van der Waals surface area contributed by atoms with E-state index < -0.39 is 0 Å². The molecule has 31 heavy (non-hydrogen) atoms. The average Bonchev–Trinajstić information content (AvgIpc) is 2.72. The molecule has 0 saturated heterocycles. The van der Waals surface area contributed by atoms with Crippen LogP contribution >= 0.6 is 11.9 Å². The molecule has 2 heterocycles. The third-order valence-corrected chi connectivity index (χ3v) is 5.24. The molecule has 162 valence electrons. The predicted octanol–water partition coefficient (Wildman–Crippen LogP) is 3.91. The van der Waals surface area contributed by atoms with Gasteiger partial charge in [0.05, 0.1) is 5.56 Å². The van der Waals surface area contributed by atoms with Crippen molar-refractivity contribution in [3.8, 4) is 11.4 Å². The van der Waals surface area contributed by atoms with Crippen molar-refractivity contribution in [2.75, 3.05) is 43.0 Å². The molecule has 3 aromatic rings. The Hall–Kier alpha value is -3.17. The van der Waals surface area contributed by atoms with Crippen molar-refractivity contribution in [3.63, 3.8) is 0 Å². The number of pyridine rings is 1.